The minimum atomic E-state index is 0. The Labute approximate surface area is 142 Å². The van der Waals surface area contributed by atoms with Crippen molar-refractivity contribution in [3.05, 3.63) is 36.4 Å². The van der Waals surface area contributed by atoms with E-state index in [4.69, 9.17) is 9.15 Å². The number of piperazine rings is 1. The van der Waals surface area contributed by atoms with Crippen LogP contribution in [-0.2, 0) is 6.54 Å². The van der Waals surface area contributed by atoms with Crippen LogP contribution in [-0.4, -0.2) is 43.2 Å². The molecule has 1 aromatic heterocycles. The first kappa shape index (κ1) is 18.8. The second-order valence-corrected chi connectivity index (χ2v) is 4.87. The number of ether oxygens (including phenoxy) is 1. The molecule has 2 heterocycles. The van der Waals surface area contributed by atoms with Gasteiger partial charge in [0.1, 0.15) is 5.75 Å². The highest BCUT2D eigenvalue weighted by Crippen LogP contribution is 2.23. The van der Waals surface area contributed by atoms with Gasteiger partial charge in [0.15, 0.2) is 5.76 Å². The van der Waals surface area contributed by atoms with Gasteiger partial charge in [0.2, 0.25) is 5.89 Å². The zero-order valence-electron chi connectivity index (χ0n) is 12.4. The summed E-state index contributed by atoms with van der Waals surface area (Å²) < 4.78 is 11.0. The summed E-state index contributed by atoms with van der Waals surface area (Å²) >= 11 is 0. The molecule has 0 radical (unpaired) electrons. The van der Waals surface area contributed by atoms with Gasteiger partial charge in [-0.1, -0.05) is 0 Å². The highest BCUT2D eigenvalue weighted by atomic mass is 35.5. The maximum atomic E-state index is 5.83. The van der Waals surface area contributed by atoms with Crippen molar-refractivity contribution in [3.63, 3.8) is 0 Å². The standard InChI is InChI=1S/C15H19N3O2.2ClH/c1-19-13-4-2-12(3-5-13)14-10-17-15(20-14)11-18-8-6-16-7-9-18;;/h2-5,10,16H,6-9,11H2,1H3;2*1H. The summed E-state index contributed by atoms with van der Waals surface area (Å²) in [7, 11) is 1.66. The number of halogens is 2. The second kappa shape index (κ2) is 9.00. The van der Waals surface area contributed by atoms with E-state index in [2.05, 4.69) is 15.2 Å². The van der Waals surface area contributed by atoms with Gasteiger partial charge in [-0.25, -0.2) is 4.98 Å². The topological polar surface area (TPSA) is 50.5 Å². The average Bonchev–Trinajstić information content (AvgIpc) is 2.97. The first-order valence-electron chi connectivity index (χ1n) is 6.87. The normalized spacial score (nSPS) is 14.8. The summed E-state index contributed by atoms with van der Waals surface area (Å²) in [5, 5.41) is 3.34. The molecule has 1 aliphatic heterocycles. The summed E-state index contributed by atoms with van der Waals surface area (Å²) in [5.41, 5.74) is 1.02. The Morgan fingerprint density at radius 3 is 2.50 bits per heavy atom. The zero-order valence-corrected chi connectivity index (χ0v) is 14.1. The fourth-order valence-electron chi connectivity index (χ4n) is 2.33. The molecule has 7 heteroatoms. The molecule has 0 atom stereocenters. The predicted molar refractivity (Wildman–Crippen MR) is 91.1 cm³/mol. The minimum Gasteiger partial charge on any atom is -0.497 e. The Hall–Kier alpha value is -1.27. The van der Waals surface area contributed by atoms with Crippen LogP contribution in [0.2, 0.25) is 0 Å². The van der Waals surface area contributed by atoms with E-state index < -0.39 is 0 Å². The highest BCUT2D eigenvalue weighted by molar-refractivity contribution is 5.85. The molecule has 0 amide bonds. The van der Waals surface area contributed by atoms with Gasteiger partial charge >= 0.3 is 0 Å². The maximum absolute atomic E-state index is 5.83. The van der Waals surface area contributed by atoms with Gasteiger partial charge in [0, 0.05) is 31.7 Å². The Morgan fingerprint density at radius 2 is 1.86 bits per heavy atom. The smallest absolute Gasteiger partial charge is 0.209 e. The van der Waals surface area contributed by atoms with Crippen molar-refractivity contribution in [1.82, 2.24) is 15.2 Å². The van der Waals surface area contributed by atoms with Gasteiger partial charge < -0.3 is 14.5 Å². The number of hydrogen-bond acceptors (Lipinski definition) is 5. The van der Waals surface area contributed by atoms with Crippen molar-refractivity contribution < 1.29 is 9.15 Å². The summed E-state index contributed by atoms with van der Waals surface area (Å²) in [6, 6.07) is 7.81. The van der Waals surface area contributed by atoms with E-state index in [9.17, 15) is 0 Å². The highest BCUT2D eigenvalue weighted by Gasteiger charge is 2.13. The number of benzene rings is 1. The van der Waals surface area contributed by atoms with Crippen LogP contribution in [0.5, 0.6) is 5.75 Å². The molecule has 1 N–H and O–H groups in total. The fourth-order valence-corrected chi connectivity index (χ4v) is 2.33. The monoisotopic (exact) mass is 345 g/mol. The van der Waals surface area contributed by atoms with Crippen molar-refractivity contribution in [3.8, 4) is 17.1 Å². The van der Waals surface area contributed by atoms with Gasteiger partial charge in [0.05, 0.1) is 19.9 Å². The van der Waals surface area contributed by atoms with E-state index in [-0.39, 0.29) is 24.8 Å². The van der Waals surface area contributed by atoms with E-state index >= 15 is 0 Å². The number of nitrogens with zero attached hydrogens (tertiary/aromatic N) is 2. The molecule has 1 saturated heterocycles. The molecule has 3 rings (SSSR count). The first-order valence-corrected chi connectivity index (χ1v) is 6.87. The third-order valence-electron chi connectivity index (χ3n) is 3.50. The Bertz CT molecular complexity index is 554. The van der Waals surface area contributed by atoms with Crippen LogP contribution >= 0.6 is 24.8 Å². The lowest BCUT2D eigenvalue weighted by Crippen LogP contribution is -2.42. The SMILES string of the molecule is COc1ccc(-c2cnc(CN3CCNCC3)o2)cc1.Cl.Cl. The van der Waals surface area contributed by atoms with E-state index in [0.29, 0.717) is 0 Å². The van der Waals surface area contributed by atoms with Crippen molar-refractivity contribution in [2.45, 2.75) is 6.54 Å². The van der Waals surface area contributed by atoms with Gasteiger partial charge in [0.25, 0.3) is 0 Å². The lowest BCUT2D eigenvalue weighted by atomic mass is 10.2. The lowest BCUT2D eigenvalue weighted by Gasteiger charge is -2.25. The van der Waals surface area contributed by atoms with Crippen LogP contribution in [0.1, 0.15) is 5.89 Å². The lowest BCUT2D eigenvalue weighted by molar-refractivity contribution is 0.213. The predicted octanol–water partition coefficient (Wildman–Crippen LogP) is 2.60. The Kier molecular flexibility index (Phi) is 7.68. The summed E-state index contributed by atoms with van der Waals surface area (Å²) in [6.45, 7) is 4.93. The molecule has 1 aromatic carbocycles. The number of methoxy groups -OCH3 is 1. The van der Waals surface area contributed by atoms with Gasteiger partial charge in [-0.05, 0) is 24.3 Å². The molecule has 5 nitrogen and oxygen atoms in total. The number of rotatable bonds is 4. The largest absolute Gasteiger partial charge is 0.497 e. The minimum absolute atomic E-state index is 0. The fraction of sp³-hybridized carbons (Fsp3) is 0.400. The summed E-state index contributed by atoms with van der Waals surface area (Å²) in [5.74, 6) is 2.42. The molecule has 0 aliphatic carbocycles. The molecule has 0 saturated carbocycles. The van der Waals surface area contributed by atoms with Crippen molar-refractivity contribution >= 4 is 24.8 Å². The van der Waals surface area contributed by atoms with Crippen LogP contribution in [0.3, 0.4) is 0 Å². The second-order valence-electron chi connectivity index (χ2n) is 4.87. The van der Waals surface area contributed by atoms with Crippen molar-refractivity contribution in [2.75, 3.05) is 33.3 Å². The van der Waals surface area contributed by atoms with Crippen molar-refractivity contribution in [2.24, 2.45) is 0 Å². The molecule has 0 bridgehead atoms. The van der Waals surface area contributed by atoms with Crippen molar-refractivity contribution in [1.29, 1.82) is 0 Å². The van der Waals surface area contributed by atoms with E-state index in [0.717, 1.165) is 55.7 Å². The molecular weight excluding hydrogens is 325 g/mol. The molecule has 0 spiro atoms. The molecule has 1 aliphatic rings. The van der Waals surface area contributed by atoms with E-state index in [1.807, 2.05) is 24.3 Å². The average molecular weight is 346 g/mol. The van der Waals surface area contributed by atoms with Crippen LogP contribution in [0, 0.1) is 0 Å². The summed E-state index contributed by atoms with van der Waals surface area (Å²) in [6.07, 6.45) is 1.79. The molecule has 2 aromatic rings. The number of nitrogens with one attached hydrogen (secondary N) is 1. The number of oxazole rings is 1. The molecule has 1 fully saturated rings. The maximum Gasteiger partial charge on any atom is 0.209 e. The van der Waals surface area contributed by atoms with Crippen LogP contribution in [0.15, 0.2) is 34.9 Å². The molecule has 0 unspecified atom stereocenters. The zero-order chi connectivity index (χ0) is 13.8. The Morgan fingerprint density at radius 1 is 1.18 bits per heavy atom. The van der Waals surface area contributed by atoms with Crippen LogP contribution in [0.4, 0.5) is 0 Å². The molecule has 22 heavy (non-hydrogen) atoms. The third kappa shape index (κ3) is 4.61. The Balaban J connectivity index is 0.00000121. The molecular formula is C15H21Cl2N3O2. The van der Waals surface area contributed by atoms with Gasteiger partial charge in [-0.15, -0.1) is 24.8 Å². The van der Waals surface area contributed by atoms with Crippen LogP contribution < -0.4 is 10.1 Å². The van der Waals surface area contributed by atoms with Gasteiger partial charge in [-0.3, -0.25) is 4.90 Å². The summed E-state index contributed by atoms with van der Waals surface area (Å²) in [4.78, 5) is 6.72. The first-order chi connectivity index (χ1) is 9.85. The molecule has 122 valence electrons. The third-order valence-corrected chi connectivity index (χ3v) is 3.50. The van der Waals surface area contributed by atoms with E-state index in [1.54, 1.807) is 13.3 Å². The number of aromatic nitrogens is 1. The van der Waals surface area contributed by atoms with Gasteiger partial charge in [-0.2, -0.15) is 0 Å². The number of hydrogen-bond donors (Lipinski definition) is 1. The quantitative estimate of drug-likeness (QED) is 0.922. The van der Waals surface area contributed by atoms with Crippen LogP contribution in [0.25, 0.3) is 11.3 Å². The van der Waals surface area contributed by atoms with E-state index in [1.165, 1.54) is 0 Å².